The molecule has 1 unspecified atom stereocenters. The van der Waals surface area contributed by atoms with E-state index >= 15 is 0 Å². The first-order valence-electron chi connectivity index (χ1n) is 7.88. The standard InChI is InChI=1S/C16H26N2O2S/c1-3-13(4-2)16(20)18-9-7-17(8-10-18)12-14(19)15-6-5-11-21-15/h5-6,11,13-14,19H,3-4,7-10,12H2,1-2H3. The lowest BCUT2D eigenvalue weighted by Gasteiger charge is -2.36. The lowest BCUT2D eigenvalue weighted by molar-refractivity contribution is -0.137. The Morgan fingerprint density at radius 1 is 1.29 bits per heavy atom. The summed E-state index contributed by atoms with van der Waals surface area (Å²) in [5.74, 6) is 0.478. The highest BCUT2D eigenvalue weighted by atomic mass is 32.1. The normalized spacial score (nSPS) is 18.2. The van der Waals surface area contributed by atoms with E-state index in [0.29, 0.717) is 12.5 Å². The van der Waals surface area contributed by atoms with E-state index in [1.165, 1.54) is 0 Å². The van der Waals surface area contributed by atoms with Gasteiger partial charge in [0, 0.05) is 43.5 Å². The van der Waals surface area contributed by atoms with E-state index in [1.807, 2.05) is 22.4 Å². The van der Waals surface area contributed by atoms with Crippen molar-refractivity contribution in [1.82, 2.24) is 9.80 Å². The smallest absolute Gasteiger partial charge is 0.225 e. The van der Waals surface area contributed by atoms with Crippen LogP contribution in [-0.2, 0) is 4.79 Å². The molecule has 0 saturated carbocycles. The summed E-state index contributed by atoms with van der Waals surface area (Å²) < 4.78 is 0. The predicted octanol–water partition coefficient (Wildman–Crippen LogP) is 2.36. The third kappa shape index (κ3) is 4.28. The SMILES string of the molecule is CCC(CC)C(=O)N1CCN(CC(O)c2cccs2)CC1. The van der Waals surface area contributed by atoms with Crippen molar-refractivity contribution in [2.75, 3.05) is 32.7 Å². The largest absolute Gasteiger partial charge is 0.386 e. The molecule has 1 aromatic rings. The minimum absolute atomic E-state index is 0.174. The van der Waals surface area contributed by atoms with E-state index in [-0.39, 0.29) is 5.92 Å². The Hall–Kier alpha value is -0.910. The Bertz CT molecular complexity index is 423. The van der Waals surface area contributed by atoms with E-state index < -0.39 is 6.10 Å². The van der Waals surface area contributed by atoms with Crippen LogP contribution in [0.5, 0.6) is 0 Å². The molecule has 1 saturated heterocycles. The lowest BCUT2D eigenvalue weighted by Crippen LogP contribution is -2.51. The first-order valence-corrected chi connectivity index (χ1v) is 8.76. The van der Waals surface area contributed by atoms with Gasteiger partial charge in [-0.1, -0.05) is 19.9 Å². The van der Waals surface area contributed by atoms with Gasteiger partial charge in [0.25, 0.3) is 0 Å². The number of piperazine rings is 1. The average Bonchev–Trinajstić information content (AvgIpc) is 3.03. The van der Waals surface area contributed by atoms with Gasteiger partial charge in [-0.3, -0.25) is 9.69 Å². The molecular weight excluding hydrogens is 284 g/mol. The summed E-state index contributed by atoms with van der Waals surface area (Å²) >= 11 is 1.59. The molecule has 1 aliphatic rings. The molecule has 0 radical (unpaired) electrons. The summed E-state index contributed by atoms with van der Waals surface area (Å²) in [5, 5.41) is 12.2. The van der Waals surface area contributed by atoms with Crippen molar-refractivity contribution in [1.29, 1.82) is 0 Å². The number of carbonyl (C=O) groups is 1. The van der Waals surface area contributed by atoms with Crippen LogP contribution in [0.3, 0.4) is 0 Å². The molecule has 0 aliphatic carbocycles. The molecule has 4 nitrogen and oxygen atoms in total. The van der Waals surface area contributed by atoms with Gasteiger partial charge in [0.15, 0.2) is 0 Å². The van der Waals surface area contributed by atoms with Crippen LogP contribution in [0.15, 0.2) is 17.5 Å². The zero-order valence-electron chi connectivity index (χ0n) is 13.0. The maximum absolute atomic E-state index is 12.3. The van der Waals surface area contributed by atoms with Gasteiger partial charge in [-0.15, -0.1) is 11.3 Å². The maximum atomic E-state index is 12.3. The molecule has 1 amide bonds. The molecule has 1 aliphatic heterocycles. The Morgan fingerprint density at radius 2 is 1.95 bits per heavy atom. The number of aliphatic hydroxyl groups excluding tert-OH is 1. The number of amides is 1. The van der Waals surface area contributed by atoms with E-state index in [0.717, 1.165) is 43.9 Å². The van der Waals surface area contributed by atoms with Gasteiger partial charge >= 0.3 is 0 Å². The Morgan fingerprint density at radius 3 is 2.48 bits per heavy atom. The summed E-state index contributed by atoms with van der Waals surface area (Å²) in [6.45, 7) is 8.11. The van der Waals surface area contributed by atoms with Crippen molar-refractivity contribution in [3.05, 3.63) is 22.4 Å². The predicted molar refractivity (Wildman–Crippen MR) is 86.4 cm³/mol. The quantitative estimate of drug-likeness (QED) is 0.877. The highest BCUT2D eigenvalue weighted by molar-refractivity contribution is 7.10. The Labute approximate surface area is 131 Å². The van der Waals surface area contributed by atoms with Crippen LogP contribution >= 0.6 is 11.3 Å². The molecule has 2 rings (SSSR count). The summed E-state index contributed by atoms with van der Waals surface area (Å²) in [6.07, 6.45) is 1.44. The van der Waals surface area contributed by atoms with Crippen LogP contribution < -0.4 is 0 Å². The molecule has 1 atom stereocenters. The van der Waals surface area contributed by atoms with Crippen molar-refractivity contribution < 1.29 is 9.90 Å². The van der Waals surface area contributed by atoms with Gasteiger partial charge < -0.3 is 10.0 Å². The van der Waals surface area contributed by atoms with Crippen molar-refractivity contribution in [2.45, 2.75) is 32.8 Å². The summed E-state index contributed by atoms with van der Waals surface area (Å²) in [4.78, 5) is 17.6. The highest BCUT2D eigenvalue weighted by Crippen LogP contribution is 2.21. The van der Waals surface area contributed by atoms with Crippen LogP contribution in [0.2, 0.25) is 0 Å². The number of nitrogens with zero attached hydrogens (tertiary/aromatic N) is 2. The Kier molecular flexibility index (Phi) is 6.21. The number of rotatable bonds is 6. The number of β-amino-alcohol motifs (C(OH)–C–C–N with tert-alkyl or cyclic N) is 1. The molecule has 5 heteroatoms. The minimum Gasteiger partial charge on any atom is -0.386 e. The molecular formula is C16H26N2O2S. The van der Waals surface area contributed by atoms with E-state index in [2.05, 4.69) is 18.7 Å². The first kappa shape index (κ1) is 16.5. The summed E-state index contributed by atoms with van der Waals surface area (Å²) in [7, 11) is 0. The first-order chi connectivity index (χ1) is 10.2. The minimum atomic E-state index is -0.411. The van der Waals surface area contributed by atoms with Crippen LogP contribution in [0.4, 0.5) is 0 Å². The van der Waals surface area contributed by atoms with Crippen LogP contribution in [0, 0.1) is 5.92 Å². The fourth-order valence-electron chi connectivity index (χ4n) is 2.86. The topological polar surface area (TPSA) is 43.8 Å². The van der Waals surface area contributed by atoms with Crippen molar-refractivity contribution in [3.8, 4) is 0 Å². The van der Waals surface area contributed by atoms with Crippen LogP contribution in [0.25, 0.3) is 0 Å². The van der Waals surface area contributed by atoms with Crippen molar-refractivity contribution >= 4 is 17.2 Å². The molecule has 118 valence electrons. The number of hydrogen-bond donors (Lipinski definition) is 1. The summed E-state index contributed by atoms with van der Waals surface area (Å²) in [6, 6.07) is 3.94. The fraction of sp³-hybridized carbons (Fsp3) is 0.688. The molecule has 0 spiro atoms. The number of aliphatic hydroxyl groups is 1. The molecule has 0 aromatic carbocycles. The van der Waals surface area contributed by atoms with Gasteiger partial charge in [0.2, 0.25) is 5.91 Å². The number of hydrogen-bond acceptors (Lipinski definition) is 4. The molecule has 0 bridgehead atoms. The second-order valence-corrected chi connectivity index (χ2v) is 6.65. The monoisotopic (exact) mass is 310 g/mol. The second-order valence-electron chi connectivity index (χ2n) is 5.67. The van der Waals surface area contributed by atoms with Gasteiger partial charge in [-0.05, 0) is 24.3 Å². The second kappa shape index (κ2) is 7.92. The maximum Gasteiger partial charge on any atom is 0.225 e. The zero-order valence-corrected chi connectivity index (χ0v) is 13.8. The van der Waals surface area contributed by atoms with Gasteiger partial charge in [-0.25, -0.2) is 0 Å². The van der Waals surface area contributed by atoms with Crippen molar-refractivity contribution in [2.24, 2.45) is 5.92 Å². The van der Waals surface area contributed by atoms with Crippen LogP contribution in [-0.4, -0.2) is 53.5 Å². The van der Waals surface area contributed by atoms with E-state index in [1.54, 1.807) is 11.3 Å². The molecule has 1 fully saturated rings. The fourth-order valence-corrected chi connectivity index (χ4v) is 3.57. The molecule has 21 heavy (non-hydrogen) atoms. The van der Waals surface area contributed by atoms with E-state index in [4.69, 9.17) is 0 Å². The van der Waals surface area contributed by atoms with Crippen LogP contribution in [0.1, 0.15) is 37.7 Å². The third-order valence-electron chi connectivity index (χ3n) is 4.32. The van der Waals surface area contributed by atoms with Gasteiger partial charge in [0.1, 0.15) is 6.10 Å². The highest BCUT2D eigenvalue weighted by Gasteiger charge is 2.26. The van der Waals surface area contributed by atoms with E-state index in [9.17, 15) is 9.90 Å². The molecule has 2 heterocycles. The van der Waals surface area contributed by atoms with Crippen molar-refractivity contribution in [3.63, 3.8) is 0 Å². The lowest BCUT2D eigenvalue weighted by atomic mass is 10.0. The molecule has 1 aromatic heterocycles. The summed E-state index contributed by atoms with van der Waals surface area (Å²) in [5.41, 5.74) is 0. The van der Waals surface area contributed by atoms with Gasteiger partial charge in [-0.2, -0.15) is 0 Å². The zero-order chi connectivity index (χ0) is 15.2. The number of carbonyl (C=O) groups excluding carboxylic acids is 1. The molecule has 1 N–H and O–H groups in total. The average molecular weight is 310 g/mol. The Balaban J connectivity index is 1.79. The number of thiophene rings is 1. The third-order valence-corrected chi connectivity index (χ3v) is 5.30. The van der Waals surface area contributed by atoms with Gasteiger partial charge in [0.05, 0.1) is 0 Å².